The van der Waals surface area contributed by atoms with E-state index in [4.69, 9.17) is 0 Å². The van der Waals surface area contributed by atoms with Gasteiger partial charge in [0.2, 0.25) is 0 Å². The Bertz CT molecular complexity index is 1270. The normalized spacial score (nSPS) is 18.3. The topological polar surface area (TPSA) is 48.7 Å². The highest BCUT2D eigenvalue weighted by molar-refractivity contribution is 5.93. The average Bonchev–Trinajstić information content (AvgIpc) is 2.73. The average molecular weight is 438 g/mol. The SMILES string of the molecule is Cc1ccc2c(NC3c4c(C)c(C)c(C#N)c(C)c4CCC3C(F)(F)F)c(C)ccc2n1. The number of pyridine rings is 1. The first-order valence-corrected chi connectivity index (χ1v) is 10.8. The molecule has 1 aliphatic carbocycles. The van der Waals surface area contributed by atoms with Crippen molar-refractivity contribution < 1.29 is 13.2 Å². The fourth-order valence-electron chi connectivity index (χ4n) is 5.12. The van der Waals surface area contributed by atoms with Crippen molar-refractivity contribution in [2.24, 2.45) is 5.92 Å². The molecule has 2 atom stereocenters. The first kappa shape index (κ1) is 22.1. The molecule has 1 aromatic heterocycles. The van der Waals surface area contributed by atoms with Crippen LogP contribution in [0, 0.1) is 51.9 Å². The third-order valence-electron chi connectivity index (χ3n) is 6.96. The third kappa shape index (κ3) is 3.50. The number of hydrogen-bond donors (Lipinski definition) is 1. The van der Waals surface area contributed by atoms with Gasteiger partial charge < -0.3 is 5.32 Å². The van der Waals surface area contributed by atoms with Gasteiger partial charge in [0, 0.05) is 16.8 Å². The number of alkyl halides is 3. The lowest BCUT2D eigenvalue weighted by Gasteiger charge is -2.39. The number of anilines is 1. The maximum atomic E-state index is 14.2. The zero-order chi connectivity index (χ0) is 23.4. The fourth-order valence-corrected chi connectivity index (χ4v) is 5.12. The number of halogens is 3. The summed E-state index contributed by atoms with van der Waals surface area (Å²) in [5, 5.41) is 13.8. The molecule has 1 heterocycles. The highest BCUT2D eigenvalue weighted by Gasteiger charge is 2.48. The highest BCUT2D eigenvalue weighted by Crippen LogP contribution is 2.49. The minimum absolute atomic E-state index is 0.0104. The number of nitrogens with zero attached hydrogens (tertiary/aromatic N) is 2. The van der Waals surface area contributed by atoms with Crippen LogP contribution < -0.4 is 5.32 Å². The van der Waals surface area contributed by atoms with E-state index < -0.39 is 18.1 Å². The predicted molar refractivity (Wildman–Crippen MR) is 121 cm³/mol. The van der Waals surface area contributed by atoms with Gasteiger partial charge in [-0.25, -0.2) is 0 Å². The van der Waals surface area contributed by atoms with E-state index in [2.05, 4.69) is 16.4 Å². The Labute approximate surface area is 186 Å². The molecular formula is C26H26F3N3. The summed E-state index contributed by atoms with van der Waals surface area (Å²) in [5.41, 5.74) is 7.61. The maximum absolute atomic E-state index is 14.2. The highest BCUT2D eigenvalue weighted by atomic mass is 19.4. The standard InChI is InChI=1S/C26H26F3N3/c1-13-6-11-22-19(8-7-14(2)31-22)24(13)32-25-21(26(27,28)29)10-9-18-17(5)20(12-30)15(3)16(4)23(18)25/h6-8,11,21,25,32H,9-10H2,1-5H3. The number of aryl methyl sites for hydroxylation is 2. The van der Waals surface area contributed by atoms with Crippen LogP contribution >= 0.6 is 0 Å². The molecule has 166 valence electrons. The van der Waals surface area contributed by atoms with Crippen LogP contribution in [0.25, 0.3) is 10.9 Å². The molecule has 32 heavy (non-hydrogen) atoms. The Kier molecular flexibility index (Phi) is 5.40. The van der Waals surface area contributed by atoms with Gasteiger partial charge in [-0.3, -0.25) is 4.98 Å². The molecule has 0 fully saturated rings. The predicted octanol–water partition coefficient (Wildman–Crippen LogP) is 6.93. The first-order valence-electron chi connectivity index (χ1n) is 10.8. The molecule has 1 N–H and O–H groups in total. The van der Waals surface area contributed by atoms with Gasteiger partial charge in [-0.1, -0.05) is 6.07 Å². The molecule has 0 spiro atoms. The quantitative estimate of drug-likeness (QED) is 0.473. The van der Waals surface area contributed by atoms with Gasteiger partial charge in [-0.2, -0.15) is 18.4 Å². The second-order valence-electron chi connectivity index (χ2n) is 8.84. The summed E-state index contributed by atoms with van der Waals surface area (Å²) in [4.78, 5) is 4.55. The summed E-state index contributed by atoms with van der Waals surface area (Å²) in [6.07, 6.45) is -4.04. The summed E-state index contributed by atoms with van der Waals surface area (Å²) in [6, 6.07) is 8.90. The molecule has 3 nitrogen and oxygen atoms in total. The van der Waals surface area contributed by atoms with Gasteiger partial charge in [0.1, 0.15) is 0 Å². The van der Waals surface area contributed by atoms with Crippen LogP contribution in [0.5, 0.6) is 0 Å². The van der Waals surface area contributed by atoms with E-state index in [1.165, 1.54) is 0 Å². The summed E-state index contributed by atoms with van der Waals surface area (Å²) in [5.74, 6) is -1.52. The molecule has 0 aliphatic heterocycles. The Hall–Kier alpha value is -3.07. The number of rotatable bonds is 2. The first-order chi connectivity index (χ1) is 15.0. The van der Waals surface area contributed by atoms with Crippen LogP contribution in [-0.2, 0) is 6.42 Å². The second kappa shape index (κ2) is 7.81. The smallest absolute Gasteiger partial charge is 0.377 e. The van der Waals surface area contributed by atoms with Crippen molar-refractivity contribution in [1.29, 1.82) is 5.26 Å². The number of fused-ring (bicyclic) bond motifs is 2. The van der Waals surface area contributed by atoms with Gasteiger partial charge in [0.25, 0.3) is 0 Å². The van der Waals surface area contributed by atoms with Gasteiger partial charge in [-0.05, 0) is 99.0 Å². The largest absolute Gasteiger partial charge is 0.394 e. The van der Waals surface area contributed by atoms with Gasteiger partial charge in [0.05, 0.1) is 29.1 Å². The molecule has 6 heteroatoms. The third-order valence-corrected chi connectivity index (χ3v) is 6.96. The van der Waals surface area contributed by atoms with Gasteiger partial charge in [-0.15, -0.1) is 0 Å². The van der Waals surface area contributed by atoms with E-state index in [9.17, 15) is 18.4 Å². The molecule has 0 bridgehead atoms. The van der Waals surface area contributed by atoms with Crippen LogP contribution in [0.15, 0.2) is 24.3 Å². The Morgan fingerprint density at radius 1 is 1.00 bits per heavy atom. The minimum atomic E-state index is -4.34. The van der Waals surface area contributed by atoms with E-state index in [0.717, 1.165) is 44.4 Å². The fraction of sp³-hybridized carbons (Fsp3) is 0.385. The lowest BCUT2D eigenvalue weighted by atomic mass is 9.73. The van der Waals surface area contributed by atoms with Crippen molar-refractivity contribution in [3.63, 3.8) is 0 Å². The second-order valence-corrected chi connectivity index (χ2v) is 8.84. The lowest BCUT2D eigenvalue weighted by Crippen LogP contribution is -2.38. The Morgan fingerprint density at radius 2 is 1.72 bits per heavy atom. The zero-order valence-electron chi connectivity index (χ0n) is 18.9. The van der Waals surface area contributed by atoms with E-state index in [1.807, 2.05) is 58.9 Å². The van der Waals surface area contributed by atoms with Crippen molar-refractivity contribution in [2.75, 3.05) is 5.32 Å². The van der Waals surface area contributed by atoms with Crippen molar-refractivity contribution in [1.82, 2.24) is 4.98 Å². The van der Waals surface area contributed by atoms with Crippen molar-refractivity contribution in [3.8, 4) is 6.07 Å². The summed E-state index contributed by atoms with van der Waals surface area (Å²) < 4.78 is 42.7. The Morgan fingerprint density at radius 3 is 2.38 bits per heavy atom. The molecule has 0 saturated carbocycles. The van der Waals surface area contributed by atoms with E-state index in [0.29, 0.717) is 23.2 Å². The summed E-state index contributed by atoms with van der Waals surface area (Å²) in [6.45, 7) is 9.31. The number of nitrogens with one attached hydrogen (secondary N) is 1. The van der Waals surface area contributed by atoms with Crippen LogP contribution in [0.3, 0.4) is 0 Å². The van der Waals surface area contributed by atoms with Crippen LogP contribution in [0.4, 0.5) is 18.9 Å². The van der Waals surface area contributed by atoms with E-state index >= 15 is 0 Å². The minimum Gasteiger partial charge on any atom is -0.377 e. The monoisotopic (exact) mass is 437 g/mol. The molecular weight excluding hydrogens is 411 g/mol. The molecule has 0 amide bonds. The van der Waals surface area contributed by atoms with Gasteiger partial charge in [0.15, 0.2) is 0 Å². The molecule has 3 aromatic rings. The summed E-state index contributed by atoms with van der Waals surface area (Å²) in [7, 11) is 0. The van der Waals surface area contributed by atoms with E-state index in [1.54, 1.807) is 0 Å². The number of hydrogen-bond acceptors (Lipinski definition) is 3. The lowest BCUT2D eigenvalue weighted by molar-refractivity contribution is -0.182. The number of benzene rings is 2. The molecule has 2 unspecified atom stereocenters. The molecule has 4 rings (SSSR count). The molecule has 0 saturated heterocycles. The zero-order valence-corrected chi connectivity index (χ0v) is 18.9. The molecule has 0 radical (unpaired) electrons. The Balaban J connectivity index is 1.96. The molecule has 2 aromatic carbocycles. The van der Waals surface area contributed by atoms with Crippen molar-refractivity contribution in [3.05, 3.63) is 68.9 Å². The number of nitriles is 1. The van der Waals surface area contributed by atoms with Crippen molar-refractivity contribution >= 4 is 16.6 Å². The summed E-state index contributed by atoms with van der Waals surface area (Å²) >= 11 is 0. The van der Waals surface area contributed by atoms with Crippen LogP contribution in [-0.4, -0.2) is 11.2 Å². The van der Waals surface area contributed by atoms with Gasteiger partial charge >= 0.3 is 6.18 Å². The van der Waals surface area contributed by atoms with Crippen LogP contribution in [0.1, 0.15) is 57.1 Å². The maximum Gasteiger partial charge on any atom is 0.394 e. The van der Waals surface area contributed by atoms with Crippen LogP contribution in [0.2, 0.25) is 0 Å². The molecule has 1 aliphatic rings. The van der Waals surface area contributed by atoms with Crippen molar-refractivity contribution in [2.45, 2.75) is 59.7 Å². The number of aromatic nitrogens is 1. The van der Waals surface area contributed by atoms with E-state index in [-0.39, 0.29) is 6.42 Å².